The summed E-state index contributed by atoms with van der Waals surface area (Å²) < 4.78 is 9.20. The number of alkyl carbamates (subject to hydrolysis) is 1. The number of aryl methyl sites for hydroxylation is 1. The van der Waals surface area contributed by atoms with Crippen molar-refractivity contribution < 1.29 is 14.3 Å². The fourth-order valence-electron chi connectivity index (χ4n) is 5.08. The summed E-state index contributed by atoms with van der Waals surface area (Å²) in [4.78, 5) is 37.5. The summed E-state index contributed by atoms with van der Waals surface area (Å²) in [5.74, 6) is 6.68. The second-order valence-electron chi connectivity index (χ2n) is 11.1. The zero-order valence-corrected chi connectivity index (χ0v) is 24.0. The maximum Gasteiger partial charge on any atom is 0.407 e. The van der Waals surface area contributed by atoms with E-state index in [9.17, 15) is 14.8 Å². The van der Waals surface area contributed by atoms with Crippen LogP contribution in [-0.4, -0.2) is 55.1 Å². The standard InChI is InChI=1S/C29H34N8O4/c1-6-7-15-35-25-23(33-27(35)34-14-10-11-20(17-34)31-28(39)41-29(3,4)5)16-30-36(26(25)38)18-24-32-22-13-9-8-12-21(22)19(2)37(24)40/h8-9,12-13,16,20H,10-11,14-15,17-18H2,1-5H3,(H,31,39)/t20-/m1/s1. The molecule has 1 N–H and O–H groups in total. The van der Waals surface area contributed by atoms with Crippen LogP contribution >= 0.6 is 0 Å². The molecule has 0 bridgehead atoms. The number of hydrogen-bond donors (Lipinski definition) is 1. The van der Waals surface area contributed by atoms with E-state index in [1.807, 2.05) is 49.9 Å². The molecule has 4 heterocycles. The van der Waals surface area contributed by atoms with Gasteiger partial charge in [-0.25, -0.2) is 19.2 Å². The Bertz CT molecular complexity index is 1740. The summed E-state index contributed by atoms with van der Waals surface area (Å²) in [6, 6.07) is 7.24. The first kappa shape index (κ1) is 27.9. The number of hydrogen-bond acceptors (Lipinski definition) is 8. The summed E-state index contributed by atoms with van der Waals surface area (Å²) >= 11 is 0. The molecule has 1 aliphatic rings. The molecule has 214 valence electrons. The van der Waals surface area contributed by atoms with Crippen LogP contribution in [0.3, 0.4) is 0 Å². The van der Waals surface area contributed by atoms with Gasteiger partial charge in [-0.3, -0.25) is 9.36 Å². The molecule has 12 nitrogen and oxygen atoms in total. The van der Waals surface area contributed by atoms with Crippen molar-refractivity contribution in [3.8, 4) is 11.8 Å². The van der Waals surface area contributed by atoms with E-state index in [-0.39, 0.29) is 25.0 Å². The van der Waals surface area contributed by atoms with Crippen LogP contribution in [0.2, 0.25) is 0 Å². The molecule has 1 aliphatic heterocycles. The van der Waals surface area contributed by atoms with Crippen LogP contribution < -0.4 is 20.5 Å². The van der Waals surface area contributed by atoms with Crippen molar-refractivity contribution in [3.05, 3.63) is 57.5 Å². The van der Waals surface area contributed by atoms with Crippen molar-refractivity contribution in [3.63, 3.8) is 0 Å². The molecule has 0 unspecified atom stereocenters. The van der Waals surface area contributed by atoms with Gasteiger partial charge in [0.1, 0.15) is 22.3 Å². The smallest absolute Gasteiger partial charge is 0.407 e. The van der Waals surface area contributed by atoms with Crippen LogP contribution in [0.5, 0.6) is 0 Å². The van der Waals surface area contributed by atoms with Crippen molar-refractivity contribution in [1.82, 2.24) is 29.6 Å². The number of ether oxygens (including phenoxy) is 1. The lowest BCUT2D eigenvalue weighted by Crippen LogP contribution is -2.49. The normalized spacial score (nSPS) is 15.5. The number of nitrogens with zero attached hydrogens (tertiary/aromatic N) is 7. The number of piperidine rings is 1. The molecule has 1 aromatic carbocycles. The molecular weight excluding hydrogens is 524 g/mol. The van der Waals surface area contributed by atoms with E-state index in [1.165, 1.54) is 10.9 Å². The lowest BCUT2D eigenvalue weighted by Gasteiger charge is -2.34. The van der Waals surface area contributed by atoms with Gasteiger partial charge in [0, 0.05) is 19.1 Å². The Labute approximate surface area is 237 Å². The molecule has 1 atom stereocenters. The molecule has 1 saturated heterocycles. The van der Waals surface area contributed by atoms with Crippen LogP contribution in [-0.2, 0) is 17.8 Å². The average molecular weight is 559 g/mol. The lowest BCUT2D eigenvalue weighted by atomic mass is 10.1. The van der Waals surface area contributed by atoms with Gasteiger partial charge in [0.05, 0.1) is 18.1 Å². The number of imidazole rings is 1. The average Bonchev–Trinajstić information content (AvgIpc) is 3.30. The van der Waals surface area contributed by atoms with E-state index in [0.717, 1.165) is 23.0 Å². The van der Waals surface area contributed by atoms with Gasteiger partial charge < -0.3 is 20.2 Å². The zero-order chi connectivity index (χ0) is 29.3. The van der Waals surface area contributed by atoms with Gasteiger partial charge in [-0.1, -0.05) is 18.1 Å². The quantitative estimate of drug-likeness (QED) is 0.225. The Balaban J connectivity index is 1.49. The van der Waals surface area contributed by atoms with E-state index in [1.54, 1.807) is 18.4 Å². The highest BCUT2D eigenvalue weighted by molar-refractivity contribution is 5.79. The minimum Gasteiger partial charge on any atom is -0.710 e. The molecule has 1 amide bonds. The van der Waals surface area contributed by atoms with E-state index < -0.39 is 17.3 Å². The van der Waals surface area contributed by atoms with Crippen LogP contribution in [0.4, 0.5) is 10.7 Å². The van der Waals surface area contributed by atoms with Gasteiger partial charge in [-0.2, -0.15) is 5.10 Å². The number of carbonyl (C=O) groups excluding carboxylic acids is 1. The molecular formula is C29H34N8O4. The number of nitrogens with one attached hydrogen (secondary N) is 1. The predicted octanol–water partition coefficient (Wildman–Crippen LogP) is 2.65. The zero-order valence-electron chi connectivity index (χ0n) is 24.0. The molecule has 0 aliphatic carbocycles. The number of amides is 1. The second kappa shape index (κ2) is 11.1. The van der Waals surface area contributed by atoms with Crippen molar-refractivity contribution >= 4 is 34.0 Å². The number of benzene rings is 1. The fourth-order valence-corrected chi connectivity index (χ4v) is 5.08. The Morgan fingerprint density at radius 1 is 1.24 bits per heavy atom. The number of para-hydroxylation sites is 1. The van der Waals surface area contributed by atoms with E-state index >= 15 is 0 Å². The van der Waals surface area contributed by atoms with Crippen molar-refractivity contribution in [2.24, 2.45) is 0 Å². The lowest BCUT2D eigenvalue weighted by molar-refractivity contribution is -0.623. The predicted molar refractivity (Wildman–Crippen MR) is 154 cm³/mol. The van der Waals surface area contributed by atoms with Gasteiger partial charge in [-0.15, -0.1) is 5.92 Å². The first-order valence-electron chi connectivity index (χ1n) is 13.6. The highest BCUT2D eigenvalue weighted by Crippen LogP contribution is 2.24. The molecule has 0 saturated carbocycles. The highest BCUT2D eigenvalue weighted by atomic mass is 16.6. The highest BCUT2D eigenvalue weighted by Gasteiger charge is 2.28. The van der Waals surface area contributed by atoms with Gasteiger partial charge >= 0.3 is 11.9 Å². The third-order valence-corrected chi connectivity index (χ3v) is 6.94. The van der Waals surface area contributed by atoms with Gasteiger partial charge in [-0.05, 0) is 64.6 Å². The van der Waals surface area contributed by atoms with Crippen LogP contribution in [0, 0.1) is 24.0 Å². The maximum absolute atomic E-state index is 13.8. The number of carbonyl (C=O) groups is 1. The number of fused-ring (bicyclic) bond motifs is 2. The number of anilines is 1. The molecule has 1 fully saturated rings. The van der Waals surface area contributed by atoms with Crippen molar-refractivity contribution in [2.75, 3.05) is 18.0 Å². The monoisotopic (exact) mass is 558 g/mol. The third kappa shape index (κ3) is 5.79. The molecule has 0 radical (unpaired) electrons. The summed E-state index contributed by atoms with van der Waals surface area (Å²) in [6.45, 7) is 10.3. The molecule has 4 aromatic rings. The molecule has 5 rings (SSSR count). The topological polar surface area (TPSA) is 134 Å². The van der Waals surface area contributed by atoms with Gasteiger partial charge in [0.25, 0.3) is 5.56 Å². The third-order valence-electron chi connectivity index (χ3n) is 6.94. The summed E-state index contributed by atoms with van der Waals surface area (Å²) in [5, 5.41) is 21.0. The minimum absolute atomic E-state index is 0.102. The Morgan fingerprint density at radius 2 is 2.02 bits per heavy atom. The molecule has 12 heteroatoms. The number of rotatable bonds is 5. The molecule has 41 heavy (non-hydrogen) atoms. The van der Waals surface area contributed by atoms with Crippen LogP contribution in [0.15, 0.2) is 35.3 Å². The van der Waals surface area contributed by atoms with Crippen molar-refractivity contribution in [1.29, 1.82) is 0 Å². The van der Waals surface area contributed by atoms with Crippen LogP contribution in [0.1, 0.15) is 52.1 Å². The van der Waals surface area contributed by atoms with E-state index in [2.05, 4.69) is 27.2 Å². The Hall–Kier alpha value is -4.66. The summed E-state index contributed by atoms with van der Waals surface area (Å²) in [7, 11) is 0. The second-order valence-corrected chi connectivity index (χ2v) is 11.1. The SMILES string of the molecule is CC#CCn1c(N2CCC[C@@H](NC(=O)OC(C)(C)C)C2)nc2cnn(Cc3nc4ccccc4c(C)[n+]3[O-])c(=O)c21. The summed E-state index contributed by atoms with van der Waals surface area (Å²) in [5.41, 5.74) is 0.961. The Morgan fingerprint density at radius 3 is 2.78 bits per heavy atom. The molecule has 0 spiro atoms. The van der Waals surface area contributed by atoms with E-state index in [0.29, 0.717) is 41.3 Å². The van der Waals surface area contributed by atoms with Gasteiger partial charge in [0.2, 0.25) is 5.95 Å². The summed E-state index contributed by atoms with van der Waals surface area (Å²) in [6.07, 6.45) is 2.68. The first-order chi connectivity index (χ1) is 19.6. The molecule has 3 aromatic heterocycles. The first-order valence-corrected chi connectivity index (χ1v) is 13.6. The Kier molecular flexibility index (Phi) is 7.53. The number of aromatic nitrogens is 6. The van der Waals surface area contributed by atoms with Crippen molar-refractivity contribution in [2.45, 2.75) is 72.2 Å². The maximum atomic E-state index is 13.8. The fraction of sp³-hybridized carbons (Fsp3) is 0.448. The largest absolute Gasteiger partial charge is 0.710 e. The van der Waals surface area contributed by atoms with Gasteiger partial charge in [0.15, 0.2) is 12.1 Å². The minimum atomic E-state index is -0.593. The van der Waals surface area contributed by atoms with Crippen LogP contribution in [0.25, 0.3) is 21.9 Å². The van der Waals surface area contributed by atoms with E-state index in [4.69, 9.17) is 9.72 Å².